The molecule has 5 nitrogen and oxygen atoms in total. The average Bonchev–Trinajstić information content (AvgIpc) is 3.18. The van der Waals surface area contributed by atoms with Crippen molar-refractivity contribution in [1.29, 1.82) is 0 Å². The maximum absolute atomic E-state index is 5.81. The number of fused-ring (bicyclic) bond motifs is 2. The minimum absolute atomic E-state index is 0.00129. The van der Waals surface area contributed by atoms with E-state index >= 15 is 0 Å². The van der Waals surface area contributed by atoms with Gasteiger partial charge in [0.1, 0.15) is 18.3 Å². The highest BCUT2D eigenvalue weighted by molar-refractivity contribution is 7.80. The number of nitrogens with one attached hydrogen (secondary N) is 2. The van der Waals surface area contributed by atoms with Crippen LogP contribution in [0.2, 0.25) is 0 Å². The Morgan fingerprint density at radius 3 is 2.75 bits per heavy atom. The highest BCUT2D eigenvalue weighted by Gasteiger charge is 2.48. The first-order chi connectivity index (χ1) is 11.8. The molecular weight excluding hydrogens is 324 g/mol. The van der Waals surface area contributed by atoms with Gasteiger partial charge in [-0.3, -0.25) is 0 Å². The van der Waals surface area contributed by atoms with Gasteiger partial charge in [0.25, 0.3) is 0 Å². The molecule has 0 unspecified atom stereocenters. The van der Waals surface area contributed by atoms with Crippen molar-refractivity contribution in [3.05, 3.63) is 42.5 Å². The van der Waals surface area contributed by atoms with Crippen LogP contribution in [0.15, 0.2) is 42.5 Å². The van der Waals surface area contributed by atoms with Gasteiger partial charge in [0.15, 0.2) is 5.11 Å². The van der Waals surface area contributed by atoms with Crippen LogP contribution in [0.3, 0.4) is 0 Å². The fourth-order valence-electron chi connectivity index (χ4n) is 3.45. The fourth-order valence-corrected chi connectivity index (χ4v) is 3.71. The van der Waals surface area contributed by atoms with E-state index in [4.69, 9.17) is 26.4 Å². The molecule has 4 atom stereocenters. The number of hydrogen-bond donors (Lipinski definition) is 2. The van der Waals surface area contributed by atoms with Gasteiger partial charge >= 0.3 is 0 Å². The Morgan fingerprint density at radius 1 is 1.08 bits per heavy atom. The molecule has 0 bridgehead atoms. The molecule has 2 aliphatic rings. The van der Waals surface area contributed by atoms with Crippen LogP contribution < -0.4 is 10.6 Å². The lowest BCUT2D eigenvalue weighted by Crippen LogP contribution is -2.45. The molecule has 0 amide bonds. The molecule has 2 saturated heterocycles. The number of anilines is 1. The van der Waals surface area contributed by atoms with Crippen molar-refractivity contribution in [2.24, 2.45) is 0 Å². The lowest BCUT2D eigenvalue weighted by atomic mass is 10.1. The standard InChI is InChI=1S/C18H20N2O3S/c1-21-15-10-23-16-14(9-22-17(15)16)20-18(24)19-13-8-4-6-11-5-2-3-7-12(11)13/h2-8,14-17H,9-10H2,1H3,(H2,19,20,24)/t14-,15+,16+,17+/m0/s1. The maximum Gasteiger partial charge on any atom is 0.171 e. The molecule has 0 aromatic heterocycles. The SMILES string of the molecule is CO[C@@H]1CO[C@H]2[C@@H]1OC[C@@H]2NC(=S)Nc1cccc2ccccc12. The summed E-state index contributed by atoms with van der Waals surface area (Å²) in [7, 11) is 1.69. The van der Waals surface area contributed by atoms with E-state index in [0.29, 0.717) is 18.3 Å². The van der Waals surface area contributed by atoms with Crippen LogP contribution in [0, 0.1) is 0 Å². The average molecular weight is 344 g/mol. The smallest absolute Gasteiger partial charge is 0.171 e. The van der Waals surface area contributed by atoms with Crippen LogP contribution >= 0.6 is 12.2 Å². The maximum atomic E-state index is 5.81. The summed E-state index contributed by atoms with van der Waals surface area (Å²) in [5.74, 6) is 0. The number of rotatable bonds is 3. The Balaban J connectivity index is 1.44. The lowest BCUT2D eigenvalue weighted by molar-refractivity contribution is -0.00798. The summed E-state index contributed by atoms with van der Waals surface area (Å²) in [6, 6.07) is 14.4. The number of ether oxygens (including phenoxy) is 3. The van der Waals surface area contributed by atoms with Crippen molar-refractivity contribution < 1.29 is 14.2 Å². The van der Waals surface area contributed by atoms with Crippen molar-refractivity contribution in [3.8, 4) is 0 Å². The summed E-state index contributed by atoms with van der Waals surface area (Å²) >= 11 is 5.49. The van der Waals surface area contributed by atoms with E-state index in [2.05, 4.69) is 28.8 Å². The highest BCUT2D eigenvalue weighted by Crippen LogP contribution is 2.29. The first-order valence-corrected chi connectivity index (χ1v) is 8.48. The molecule has 0 saturated carbocycles. The number of methoxy groups -OCH3 is 1. The van der Waals surface area contributed by atoms with E-state index in [-0.39, 0.29) is 24.4 Å². The summed E-state index contributed by atoms with van der Waals surface area (Å²) < 4.78 is 17.0. The molecule has 2 N–H and O–H groups in total. The Hall–Kier alpha value is -1.73. The molecule has 4 rings (SSSR count). The van der Waals surface area contributed by atoms with E-state index in [1.54, 1.807) is 7.11 Å². The van der Waals surface area contributed by atoms with Crippen LogP contribution in [-0.2, 0) is 14.2 Å². The van der Waals surface area contributed by atoms with Crippen LogP contribution in [0.1, 0.15) is 0 Å². The Morgan fingerprint density at radius 2 is 1.88 bits per heavy atom. The molecule has 2 fully saturated rings. The second-order valence-corrected chi connectivity index (χ2v) is 6.51. The lowest BCUT2D eigenvalue weighted by Gasteiger charge is -2.20. The van der Waals surface area contributed by atoms with Gasteiger partial charge in [-0.2, -0.15) is 0 Å². The fraction of sp³-hybridized carbons (Fsp3) is 0.389. The molecule has 0 radical (unpaired) electrons. The Bertz CT molecular complexity index is 749. The van der Waals surface area contributed by atoms with Gasteiger partial charge in [0.05, 0.1) is 19.3 Å². The molecule has 6 heteroatoms. The van der Waals surface area contributed by atoms with E-state index < -0.39 is 0 Å². The molecule has 0 spiro atoms. The van der Waals surface area contributed by atoms with Gasteiger partial charge < -0.3 is 24.8 Å². The molecule has 24 heavy (non-hydrogen) atoms. The zero-order valence-corrected chi connectivity index (χ0v) is 14.2. The van der Waals surface area contributed by atoms with Crippen molar-refractivity contribution in [2.45, 2.75) is 24.4 Å². The second-order valence-electron chi connectivity index (χ2n) is 6.10. The molecule has 2 heterocycles. The molecule has 126 valence electrons. The topological polar surface area (TPSA) is 51.8 Å². The number of thiocarbonyl (C=S) groups is 1. The molecule has 2 aromatic carbocycles. The zero-order valence-electron chi connectivity index (χ0n) is 13.4. The number of hydrogen-bond acceptors (Lipinski definition) is 4. The summed E-state index contributed by atoms with van der Waals surface area (Å²) in [5, 5.41) is 9.51. The highest BCUT2D eigenvalue weighted by atomic mass is 32.1. The largest absolute Gasteiger partial charge is 0.376 e. The summed E-state index contributed by atoms with van der Waals surface area (Å²) in [6.07, 6.45) is -0.0449. The minimum Gasteiger partial charge on any atom is -0.376 e. The third-order valence-corrected chi connectivity index (χ3v) is 4.88. The quantitative estimate of drug-likeness (QED) is 0.834. The molecular formula is C18H20N2O3S. The summed E-state index contributed by atoms with van der Waals surface area (Å²) in [4.78, 5) is 0. The van der Waals surface area contributed by atoms with Crippen molar-refractivity contribution in [3.63, 3.8) is 0 Å². The molecule has 2 aliphatic heterocycles. The van der Waals surface area contributed by atoms with E-state index in [1.807, 2.05) is 24.3 Å². The van der Waals surface area contributed by atoms with Crippen LogP contribution in [-0.4, -0.2) is 49.8 Å². The van der Waals surface area contributed by atoms with E-state index in [1.165, 1.54) is 5.39 Å². The zero-order chi connectivity index (χ0) is 16.5. The van der Waals surface area contributed by atoms with Gasteiger partial charge in [-0.05, 0) is 23.7 Å². The van der Waals surface area contributed by atoms with E-state index in [9.17, 15) is 0 Å². The van der Waals surface area contributed by atoms with Gasteiger partial charge in [-0.15, -0.1) is 0 Å². The third-order valence-electron chi connectivity index (χ3n) is 4.67. The van der Waals surface area contributed by atoms with Gasteiger partial charge in [0.2, 0.25) is 0 Å². The van der Waals surface area contributed by atoms with Crippen molar-refractivity contribution in [2.75, 3.05) is 25.6 Å². The summed E-state index contributed by atoms with van der Waals surface area (Å²) in [6.45, 7) is 1.13. The normalized spacial score (nSPS) is 28.7. The van der Waals surface area contributed by atoms with Crippen LogP contribution in [0.25, 0.3) is 10.8 Å². The Labute approximate surface area is 146 Å². The monoisotopic (exact) mass is 344 g/mol. The van der Waals surface area contributed by atoms with Gasteiger partial charge in [0, 0.05) is 18.2 Å². The van der Waals surface area contributed by atoms with Crippen LogP contribution in [0.4, 0.5) is 5.69 Å². The molecule has 0 aliphatic carbocycles. The van der Waals surface area contributed by atoms with Crippen LogP contribution in [0.5, 0.6) is 0 Å². The van der Waals surface area contributed by atoms with Crippen molar-refractivity contribution in [1.82, 2.24) is 5.32 Å². The Kier molecular flexibility index (Phi) is 4.37. The van der Waals surface area contributed by atoms with Gasteiger partial charge in [-0.25, -0.2) is 0 Å². The van der Waals surface area contributed by atoms with E-state index in [0.717, 1.165) is 11.1 Å². The second kappa shape index (κ2) is 6.64. The predicted molar refractivity (Wildman–Crippen MR) is 97.4 cm³/mol. The molecule has 2 aromatic rings. The first kappa shape index (κ1) is 15.8. The third kappa shape index (κ3) is 2.86. The van der Waals surface area contributed by atoms with Crippen molar-refractivity contribution >= 4 is 33.8 Å². The number of benzene rings is 2. The van der Waals surface area contributed by atoms with Gasteiger partial charge in [-0.1, -0.05) is 36.4 Å². The summed E-state index contributed by atoms with van der Waals surface area (Å²) in [5.41, 5.74) is 0.989. The first-order valence-electron chi connectivity index (χ1n) is 8.07. The minimum atomic E-state index is -0.0257. The predicted octanol–water partition coefficient (Wildman–Crippen LogP) is 2.31.